The van der Waals surface area contributed by atoms with Gasteiger partial charge < -0.3 is 14.2 Å². The van der Waals surface area contributed by atoms with Gasteiger partial charge in [-0.1, -0.05) is 71.9 Å². The molecule has 18 heteroatoms. The molecule has 1 aromatic carbocycles. The molecule has 12 nitrogen and oxygen atoms in total. The summed E-state index contributed by atoms with van der Waals surface area (Å²) in [6, 6.07) is 9.14. The van der Waals surface area contributed by atoms with Gasteiger partial charge in [0.2, 0.25) is 0 Å². The lowest BCUT2D eigenvalue weighted by Crippen LogP contribution is -2.25. The Labute approximate surface area is 286 Å². The van der Waals surface area contributed by atoms with Crippen molar-refractivity contribution < 1.29 is 28.6 Å². The molecule has 0 aliphatic heterocycles. The normalized spacial score (nSPS) is 12.9. The van der Waals surface area contributed by atoms with Crippen molar-refractivity contribution in [2.75, 3.05) is 0 Å². The van der Waals surface area contributed by atoms with Crippen molar-refractivity contribution in [3.63, 3.8) is 0 Å². The monoisotopic (exact) mass is 720 g/mol. The standard InChI is InChI=1S/C27H24N6O6S6/c1-16(43-25(40)31-10-4-7-28-31)22(34)37-19-13-20(38-23(35)17(2)44-26(41)32-11-5-8-29-32)15-21(14-19)39-24(36)18(3)45-27(42)33-12-6-9-30-33/h4-18H,1-3H3. The van der Waals surface area contributed by atoms with Crippen molar-refractivity contribution in [3.05, 3.63) is 73.6 Å². The summed E-state index contributed by atoms with van der Waals surface area (Å²) in [5.41, 5.74) is 0. The van der Waals surface area contributed by atoms with Gasteiger partial charge >= 0.3 is 17.9 Å². The maximum Gasteiger partial charge on any atom is 0.324 e. The SMILES string of the molecule is CC(SC(=S)n1cccn1)C(=O)Oc1cc(OC(=O)C(C)SC(=S)n2cccn2)cc(OC(=O)C(C)SC(=S)n2cccn2)c1. The summed E-state index contributed by atoms with van der Waals surface area (Å²) in [5.74, 6) is -1.99. The molecular weight excluding hydrogens is 697 g/mol. The maximum atomic E-state index is 13.0. The smallest absolute Gasteiger partial charge is 0.324 e. The number of thioether (sulfide) groups is 3. The van der Waals surface area contributed by atoms with Gasteiger partial charge in [-0.15, -0.1) is 0 Å². The van der Waals surface area contributed by atoms with Gasteiger partial charge in [0.1, 0.15) is 33.0 Å². The number of esters is 3. The molecule has 3 atom stereocenters. The molecule has 234 valence electrons. The van der Waals surface area contributed by atoms with Crippen molar-refractivity contribution in [2.45, 2.75) is 36.5 Å². The lowest BCUT2D eigenvalue weighted by atomic mass is 10.3. The van der Waals surface area contributed by atoms with Gasteiger partial charge in [0.05, 0.1) is 0 Å². The third kappa shape index (κ3) is 10.0. The second-order valence-electron chi connectivity index (χ2n) is 8.83. The quantitative estimate of drug-likeness (QED) is 0.132. The summed E-state index contributed by atoms with van der Waals surface area (Å²) in [5, 5.41) is 10.0. The molecule has 0 spiro atoms. The first-order valence-corrected chi connectivity index (χ1v) is 16.8. The van der Waals surface area contributed by atoms with Gasteiger partial charge in [-0.2, -0.15) is 15.3 Å². The average molecular weight is 721 g/mol. The highest BCUT2D eigenvalue weighted by atomic mass is 32.2. The van der Waals surface area contributed by atoms with Gasteiger partial charge in [-0.05, 0) is 39.0 Å². The lowest BCUT2D eigenvalue weighted by Gasteiger charge is -2.16. The fraction of sp³-hybridized carbons (Fsp3) is 0.222. The van der Waals surface area contributed by atoms with Crippen LogP contribution in [-0.4, -0.2) is 76.0 Å². The van der Waals surface area contributed by atoms with Crippen LogP contribution in [0.2, 0.25) is 0 Å². The Morgan fingerprint density at radius 2 is 0.844 bits per heavy atom. The minimum Gasteiger partial charge on any atom is -0.425 e. The van der Waals surface area contributed by atoms with Crippen molar-refractivity contribution in [2.24, 2.45) is 0 Å². The Morgan fingerprint density at radius 1 is 0.578 bits per heavy atom. The molecule has 0 fully saturated rings. The first-order chi connectivity index (χ1) is 21.5. The molecule has 45 heavy (non-hydrogen) atoms. The van der Waals surface area contributed by atoms with E-state index in [0.717, 1.165) is 35.3 Å². The predicted octanol–water partition coefficient (Wildman–Crippen LogP) is 4.86. The highest BCUT2D eigenvalue weighted by Gasteiger charge is 2.24. The molecule has 3 unspecified atom stereocenters. The Morgan fingerprint density at radius 3 is 1.07 bits per heavy atom. The van der Waals surface area contributed by atoms with Gasteiger partial charge in [-0.25, -0.2) is 14.0 Å². The van der Waals surface area contributed by atoms with E-state index in [1.807, 2.05) is 0 Å². The molecule has 0 aliphatic carbocycles. The van der Waals surface area contributed by atoms with E-state index >= 15 is 0 Å². The van der Waals surface area contributed by atoms with Crippen LogP contribution in [0, 0.1) is 0 Å². The molecule has 3 aromatic heterocycles. The van der Waals surface area contributed by atoms with Gasteiger partial charge in [-0.3, -0.25) is 14.4 Å². The van der Waals surface area contributed by atoms with Crippen molar-refractivity contribution in [1.29, 1.82) is 0 Å². The molecule has 0 saturated carbocycles. The lowest BCUT2D eigenvalue weighted by molar-refractivity contribution is -0.133. The van der Waals surface area contributed by atoms with Gasteiger partial charge in [0, 0.05) is 55.4 Å². The highest BCUT2D eigenvalue weighted by Crippen LogP contribution is 2.31. The van der Waals surface area contributed by atoms with Crippen LogP contribution in [0.4, 0.5) is 0 Å². The fourth-order valence-corrected chi connectivity index (χ4v) is 6.82. The first kappa shape index (κ1) is 34.5. The summed E-state index contributed by atoms with van der Waals surface area (Å²) in [7, 11) is 0. The molecule has 0 bridgehead atoms. The number of carbonyl (C=O) groups is 3. The molecule has 4 aromatic rings. The van der Waals surface area contributed by atoms with Gasteiger partial charge in [0.15, 0.2) is 13.0 Å². The van der Waals surface area contributed by atoms with E-state index in [1.165, 1.54) is 32.2 Å². The number of hydrogen-bond acceptors (Lipinski definition) is 15. The minimum atomic E-state index is -0.724. The Hall–Kier alpha value is -3.42. The first-order valence-electron chi connectivity index (χ1n) is 12.9. The molecule has 3 heterocycles. The molecular formula is C27H24N6O6S6. The zero-order valence-corrected chi connectivity index (χ0v) is 28.6. The molecule has 4 rings (SSSR count). The van der Waals surface area contributed by atoms with Crippen LogP contribution in [0.25, 0.3) is 0 Å². The van der Waals surface area contributed by atoms with Gasteiger partial charge in [0.25, 0.3) is 0 Å². The number of aromatic nitrogens is 6. The second kappa shape index (κ2) is 16.2. The van der Waals surface area contributed by atoms with Crippen LogP contribution in [0.15, 0.2) is 73.6 Å². The van der Waals surface area contributed by atoms with Crippen molar-refractivity contribution in [1.82, 2.24) is 29.3 Å². The minimum absolute atomic E-state index is 0.0229. The fourth-order valence-electron chi connectivity index (χ4n) is 3.21. The highest BCUT2D eigenvalue weighted by molar-refractivity contribution is 8.24. The number of thiocarbonyl (C=S) groups is 3. The molecule has 0 amide bonds. The number of ether oxygens (including phenoxy) is 3. The summed E-state index contributed by atoms with van der Waals surface area (Å²) < 4.78 is 22.1. The van der Waals surface area contributed by atoms with E-state index in [-0.39, 0.29) is 17.2 Å². The van der Waals surface area contributed by atoms with E-state index in [4.69, 9.17) is 50.9 Å². The van der Waals surface area contributed by atoms with Crippen LogP contribution in [0.5, 0.6) is 17.2 Å². The largest absolute Gasteiger partial charge is 0.425 e. The Bertz CT molecular complexity index is 1470. The van der Waals surface area contributed by atoms with Crippen LogP contribution in [0.3, 0.4) is 0 Å². The predicted molar refractivity (Wildman–Crippen MR) is 185 cm³/mol. The number of carbonyl (C=O) groups excluding carboxylic acids is 3. The van der Waals surface area contributed by atoms with E-state index in [0.29, 0.717) is 13.0 Å². The van der Waals surface area contributed by atoms with E-state index in [1.54, 1.807) is 76.2 Å². The van der Waals surface area contributed by atoms with Crippen LogP contribution < -0.4 is 14.2 Å². The van der Waals surface area contributed by atoms with E-state index in [9.17, 15) is 14.4 Å². The van der Waals surface area contributed by atoms with Crippen LogP contribution in [0.1, 0.15) is 20.8 Å². The summed E-state index contributed by atoms with van der Waals surface area (Å²) in [4.78, 5) is 38.9. The van der Waals surface area contributed by atoms with Crippen molar-refractivity contribution >= 4 is 103 Å². The number of rotatable bonds is 9. The van der Waals surface area contributed by atoms with E-state index in [2.05, 4.69) is 15.3 Å². The summed E-state index contributed by atoms with van der Waals surface area (Å²) in [6.45, 7) is 4.86. The Balaban J connectivity index is 1.48. The van der Waals surface area contributed by atoms with Crippen molar-refractivity contribution in [3.8, 4) is 17.2 Å². The zero-order valence-electron chi connectivity index (χ0n) is 23.7. The average Bonchev–Trinajstić information content (AvgIpc) is 3.81. The number of benzene rings is 1. The molecule has 0 N–H and O–H groups in total. The third-order valence-electron chi connectivity index (χ3n) is 5.41. The number of nitrogens with zero attached hydrogens (tertiary/aromatic N) is 6. The maximum absolute atomic E-state index is 13.0. The van der Waals surface area contributed by atoms with Crippen LogP contribution in [-0.2, 0) is 14.4 Å². The van der Waals surface area contributed by atoms with Crippen LogP contribution >= 0.6 is 71.9 Å². The third-order valence-corrected chi connectivity index (χ3v) is 9.64. The summed E-state index contributed by atoms with van der Waals surface area (Å²) >= 11 is 19.2. The second-order valence-corrected chi connectivity index (χ2v) is 14.8. The molecule has 0 saturated heterocycles. The zero-order chi connectivity index (χ0) is 32.5. The molecule has 0 aliphatic rings. The number of hydrogen-bond donors (Lipinski definition) is 0. The molecule has 0 radical (unpaired) electrons. The Kier molecular flexibility index (Phi) is 12.4. The van der Waals surface area contributed by atoms with E-state index < -0.39 is 33.7 Å². The summed E-state index contributed by atoms with van der Waals surface area (Å²) in [6.07, 6.45) is 9.69. The topological polar surface area (TPSA) is 132 Å².